The Morgan fingerprint density at radius 2 is 1.94 bits per heavy atom. The summed E-state index contributed by atoms with van der Waals surface area (Å²) < 4.78 is 6.08. The second-order valence-corrected chi connectivity index (χ2v) is 5.07. The van der Waals surface area contributed by atoms with Gasteiger partial charge in [-0.15, -0.1) is 0 Å². The van der Waals surface area contributed by atoms with Crippen molar-refractivity contribution >= 4 is 49.4 Å². The first-order valence-electron chi connectivity index (χ1n) is 4.57. The van der Waals surface area contributed by atoms with E-state index in [4.69, 9.17) is 16.2 Å². The number of nitrogen functional groups attached to an aromatic ring is 1. The van der Waals surface area contributed by atoms with Gasteiger partial charge < -0.3 is 16.2 Å². The molecule has 0 aliphatic carbocycles. The Morgan fingerprint density at radius 3 is 2.47 bits per heavy atom. The third-order valence-corrected chi connectivity index (χ3v) is 3.11. The number of hydrogen-bond acceptors (Lipinski definition) is 4. The van der Waals surface area contributed by atoms with Crippen LogP contribution in [0.25, 0.3) is 0 Å². The largest absolute Gasteiger partial charge is 0.449 e. The molecule has 0 aliphatic heterocycles. The number of primary amides is 1. The molecule has 7 heteroatoms. The number of benzene rings is 1. The van der Waals surface area contributed by atoms with Crippen molar-refractivity contribution in [3.05, 3.63) is 26.6 Å². The Morgan fingerprint density at radius 1 is 1.35 bits per heavy atom. The number of rotatable bonds is 3. The normalized spacial score (nSPS) is 11.9. The van der Waals surface area contributed by atoms with Gasteiger partial charge in [0.2, 0.25) is 0 Å². The molecule has 1 rings (SSSR count). The lowest BCUT2D eigenvalue weighted by Crippen LogP contribution is -2.30. The summed E-state index contributed by atoms with van der Waals surface area (Å²) in [6, 6.07) is 3.21. The molecule has 0 heterocycles. The van der Waals surface area contributed by atoms with Crippen LogP contribution in [0.3, 0.4) is 0 Å². The molecule has 0 aromatic heterocycles. The zero-order chi connectivity index (χ0) is 13.2. The van der Waals surface area contributed by atoms with Crippen molar-refractivity contribution in [2.75, 3.05) is 5.73 Å². The molecule has 0 saturated carbocycles. The molecule has 0 fully saturated rings. The number of ether oxygens (including phenoxy) is 1. The van der Waals surface area contributed by atoms with Gasteiger partial charge in [0.1, 0.15) is 0 Å². The molecule has 0 saturated heterocycles. The fourth-order valence-electron chi connectivity index (χ4n) is 1.04. The maximum atomic E-state index is 11.7. The number of carbonyl (C=O) groups is 2. The van der Waals surface area contributed by atoms with E-state index in [2.05, 4.69) is 31.9 Å². The number of carbonyl (C=O) groups excluding carboxylic acids is 2. The average molecular weight is 366 g/mol. The van der Waals surface area contributed by atoms with Crippen LogP contribution in [-0.2, 0) is 9.53 Å². The van der Waals surface area contributed by atoms with Crippen molar-refractivity contribution in [3.63, 3.8) is 0 Å². The Kier molecular flexibility index (Phi) is 4.53. The van der Waals surface area contributed by atoms with E-state index in [0.29, 0.717) is 8.95 Å². The van der Waals surface area contributed by atoms with Crippen molar-refractivity contribution in [1.82, 2.24) is 0 Å². The quantitative estimate of drug-likeness (QED) is 0.630. The number of anilines is 1. The summed E-state index contributed by atoms with van der Waals surface area (Å²) in [5.74, 6) is -1.42. The highest BCUT2D eigenvalue weighted by molar-refractivity contribution is 9.11. The fourth-order valence-corrected chi connectivity index (χ4v) is 2.26. The smallest absolute Gasteiger partial charge is 0.341 e. The van der Waals surface area contributed by atoms with Crippen molar-refractivity contribution in [2.24, 2.45) is 5.73 Å². The van der Waals surface area contributed by atoms with E-state index >= 15 is 0 Å². The summed E-state index contributed by atoms with van der Waals surface area (Å²) in [5, 5.41) is 0. The van der Waals surface area contributed by atoms with Gasteiger partial charge in [0.05, 0.1) is 11.3 Å². The van der Waals surface area contributed by atoms with Crippen LogP contribution in [0.1, 0.15) is 17.3 Å². The number of nitrogens with two attached hydrogens (primary N) is 2. The van der Waals surface area contributed by atoms with Gasteiger partial charge >= 0.3 is 5.97 Å². The highest BCUT2D eigenvalue weighted by atomic mass is 79.9. The number of amides is 1. The van der Waals surface area contributed by atoms with Gasteiger partial charge in [0.15, 0.2) is 6.10 Å². The van der Waals surface area contributed by atoms with E-state index in [1.165, 1.54) is 13.0 Å². The van der Waals surface area contributed by atoms with Crippen LogP contribution < -0.4 is 11.5 Å². The molecular weight excluding hydrogens is 356 g/mol. The van der Waals surface area contributed by atoms with Crippen LogP contribution >= 0.6 is 31.9 Å². The summed E-state index contributed by atoms with van der Waals surface area (Å²) in [6.45, 7) is 1.39. The standard InChI is InChI=1S/C10H10Br2N2O3/c1-4(9(14)15)17-10(16)6-2-5(11)3-7(12)8(6)13/h2-4H,13H2,1H3,(H2,14,15). The van der Waals surface area contributed by atoms with Crippen molar-refractivity contribution < 1.29 is 14.3 Å². The number of halogens is 2. The van der Waals surface area contributed by atoms with Gasteiger partial charge in [-0.3, -0.25) is 4.79 Å². The minimum Gasteiger partial charge on any atom is -0.449 e. The Bertz CT molecular complexity index is 477. The molecule has 1 atom stereocenters. The molecule has 1 aromatic rings. The first-order valence-corrected chi connectivity index (χ1v) is 6.16. The van der Waals surface area contributed by atoms with E-state index in [1.807, 2.05) is 0 Å². The van der Waals surface area contributed by atoms with Crippen LogP contribution in [0, 0.1) is 0 Å². The molecule has 0 radical (unpaired) electrons. The maximum Gasteiger partial charge on any atom is 0.341 e. The molecule has 0 aliphatic rings. The summed E-state index contributed by atoms with van der Waals surface area (Å²) >= 11 is 6.43. The lowest BCUT2D eigenvalue weighted by molar-refractivity contribution is -0.125. The third kappa shape index (κ3) is 3.44. The second-order valence-electron chi connectivity index (χ2n) is 3.30. The lowest BCUT2D eigenvalue weighted by Gasteiger charge is -2.12. The molecule has 1 aromatic carbocycles. The molecule has 5 nitrogen and oxygen atoms in total. The van der Waals surface area contributed by atoms with Gasteiger partial charge in [-0.1, -0.05) is 15.9 Å². The highest BCUT2D eigenvalue weighted by Crippen LogP contribution is 2.28. The molecular formula is C10H10Br2N2O3. The Labute approximate surface area is 115 Å². The number of hydrogen-bond donors (Lipinski definition) is 2. The minimum atomic E-state index is -1.00. The highest BCUT2D eigenvalue weighted by Gasteiger charge is 2.19. The SMILES string of the molecule is CC(OC(=O)c1cc(Br)cc(Br)c1N)C(N)=O. The van der Waals surface area contributed by atoms with Gasteiger partial charge in [0, 0.05) is 8.95 Å². The monoisotopic (exact) mass is 364 g/mol. The molecule has 0 spiro atoms. The van der Waals surface area contributed by atoms with Crippen LogP contribution in [0.15, 0.2) is 21.1 Å². The summed E-state index contributed by atoms with van der Waals surface area (Å²) in [5.41, 5.74) is 11.1. The Hall–Kier alpha value is -1.08. The predicted octanol–water partition coefficient (Wildman–Crippen LogP) is 1.82. The minimum absolute atomic E-state index is 0.166. The van der Waals surface area contributed by atoms with E-state index < -0.39 is 18.0 Å². The zero-order valence-electron chi connectivity index (χ0n) is 8.87. The predicted molar refractivity (Wildman–Crippen MR) is 70.3 cm³/mol. The van der Waals surface area contributed by atoms with Crippen LogP contribution in [0.4, 0.5) is 5.69 Å². The van der Waals surface area contributed by atoms with Gasteiger partial charge in [-0.2, -0.15) is 0 Å². The average Bonchev–Trinajstić information content (AvgIpc) is 2.22. The summed E-state index contributed by atoms with van der Waals surface area (Å²) in [4.78, 5) is 22.5. The summed E-state index contributed by atoms with van der Waals surface area (Å²) in [6.07, 6.45) is -1.00. The second kappa shape index (κ2) is 5.50. The number of esters is 1. The third-order valence-electron chi connectivity index (χ3n) is 2.00. The van der Waals surface area contributed by atoms with Crippen molar-refractivity contribution in [1.29, 1.82) is 0 Å². The molecule has 92 valence electrons. The fraction of sp³-hybridized carbons (Fsp3) is 0.200. The van der Waals surface area contributed by atoms with Crippen LogP contribution in [0.5, 0.6) is 0 Å². The van der Waals surface area contributed by atoms with E-state index in [9.17, 15) is 9.59 Å². The zero-order valence-corrected chi connectivity index (χ0v) is 12.0. The first kappa shape index (κ1) is 14.0. The van der Waals surface area contributed by atoms with E-state index in [0.717, 1.165) is 0 Å². The van der Waals surface area contributed by atoms with Crippen LogP contribution in [-0.4, -0.2) is 18.0 Å². The topological polar surface area (TPSA) is 95.4 Å². The Balaban J connectivity index is 3.01. The maximum absolute atomic E-state index is 11.7. The van der Waals surface area contributed by atoms with E-state index in [1.54, 1.807) is 6.07 Å². The molecule has 1 unspecified atom stereocenters. The van der Waals surface area contributed by atoms with Gasteiger partial charge in [0.25, 0.3) is 5.91 Å². The molecule has 0 bridgehead atoms. The van der Waals surface area contributed by atoms with Crippen LogP contribution in [0.2, 0.25) is 0 Å². The van der Waals surface area contributed by atoms with E-state index in [-0.39, 0.29) is 11.3 Å². The van der Waals surface area contributed by atoms with Crippen molar-refractivity contribution in [3.8, 4) is 0 Å². The lowest BCUT2D eigenvalue weighted by atomic mass is 10.2. The summed E-state index contributed by atoms with van der Waals surface area (Å²) in [7, 11) is 0. The van der Waals surface area contributed by atoms with Gasteiger partial charge in [-0.05, 0) is 35.0 Å². The molecule has 4 N–H and O–H groups in total. The molecule has 1 amide bonds. The molecule has 17 heavy (non-hydrogen) atoms. The first-order chi connectivity index (χ1) is 7.82. The van der Waals surface area contributed by atoms with Gasteiger partial charge in [-0.25, -0.2) is 4.79 Å². The van der Waals surface area contributed by atoms with Crippen molar-refractivity contribution in [2.45, 2.75) is 13.0 Å².